The Kier molecular flexibility index (Phi) is 14.7. The van der Waals surface area contributed by atoms with Gasteiger partial charge in [-0.2, -0.15) is 0 Å². The first-order valence-electron chi connectivity index (χ1n) is 11.7. The SMILES string of the molecule is CCNC(=NCCCOC1CCCCC1)NCCCN1CCCC1C(=O)N(C)C.I. The van der Waals surface area contributed by atoms with Gasteiger partial charge in [-0.1, -0.05) is 19.3 Å². The van der Waals surface area contributed by atoms with Gasteiger partial charge in [-0.25, -0.2) is 0 Å². The molecule has 2 fully saturated rings. The number of hydrogen-bond donors (Lipinski definition) is 2. The fourth-order valence-corrected chi connectivity index (χ4v) is 4.24. The molecular weight excluding hydrogens is 493 g/mol. The second-order valence-corrected chi connectivity index (χ2v) is 8.45. The first kappa shape index (κ1) is 27.4. The van der Waals surface area contributed by atoms with Gasteiger partial charge in [0.1, 0.15) is 0 Å². The number of carbonyl (C=O) groups is 1. The topological polar surface area (TPSA) is 69.2 Å². The standard InChI is InChI=1S/C22H43N5O2.HI/c1-4-23-22(25-15-10-18-29-19-11-6-5-7-12-19)24-14-9-17-27-16-8-13-20(27)21(28)26(2)3;/h19-20H,4-18H2,1-3H3,(H2,23,24,25);1H. The lowest BCUT2D eigenvalue weighted by Gasteiger charge is -2.26. The summed E-state index contributed by atoms with van der Waals surface area (Å²) in [6, 6.07) is 0.0658. The first-order chi connectivity index (χ1) is 14.1. The third-order valence-corrected chi connectivity index (χ3v) is 5.83. The highest BCUT2D eigenvalue weighted by atomic mass is 127. The minimum absolute atomic E-state index is 0. The molecule has 1 atom stereocenters. The van der Waals surface area contributed by atoms with Crippen molar-refractivity contribution < 1.29 is 9.53 Å². The van der Waals surface area contributed by atoms with E-state index in [0.717, 1.165) is 71.0 Å². The van der Waals surface area contributed by atoms with Gasteiger partial charge in [0.05, 0.1) is 12.1 Å². The molecule has 1 saturated carbocycles. The van der Waals surface area contributed by atoms with Crippen LogP contribution >= 0.6 is 24.0 Å². The highest BCUT2D eigenvalue weighted by Gasteiger charge is 2.30. The largest absolute Gasteiger partial charge is 0.378 e. The third-order valence-electron chi connectivity index (χ3n) is 5.83. The lowest BCUT2D eigenvalue weighted by atomic mass is 9.98. The van der Waals surface area contributed by atoms with Crippen molar-refractivity contribution in [3.63, 3.8) is 0 Å². The molecule has 2 N–H and O–H groups in total. The van der Waals surface area contributed by atoms with Crippen LogP contribution in [0.15, 0.2) is 4.99 Å². The van der Waals surface area contributed by atoms with Crippen LogP contribution in [0.25, 0.3) is 0 Å². The first-order valence-corrected chi connectivity index (χ1v) is 11.7. The summed E-state index contributed by atoms with van der Waals surface area (Å²) in [4.78, 5) is 21.0. The summed E-state index contributed by atoms with van der Waals surface area (Å²) >= 11 is 0. The number of aliphatic imine (C=N–C) groups is 1. The number of nitrogens with one attached hydrogen (secondary N) is 2. The number of guanidine groups is 1. The number of ether oxygens (including phenoxy) is 1. The van der Waals surface area contributed by atoms with Gasteiger partial charge in [0.2, 0.25) is 5.91 Å². The monoisotopic (exact) mass is 537 g/mol. The number of carbonyl (C=O) groups excluding carboxylic acids is 1. The van der Waals surface area contributed by atoms with Crippen LogP contribution in [0.4, 0.5) is 0 Å². The molecule has 2 rings (SSSR count). The van der Waals surface area contributed by atoms with E-state index in [2.05, 4.69) is 27.4 Å². The summed E-state index contributed by atoms with van der Waals surface area (Å²) in [5.41, 5.74) is 0. The molecule has 1 amide bonds. The fraction of sp³-hybridized carbons (Fsp3) is 0.909. The second-order valence-electron chi connectivity index (χ2n) is 8.45. The maximum absolute atomic E-state index is 12.3. The summed E-state index contributed by atoms with van der Waals surface area (Å²) < 4.78 is 5.98. The summed E-state index contributed by atoms with van der Waals surface area (Å²) in [6.45, 7) is 7.38. The molecule has 176 valence electrons. The molecule has 1 aliphatic heterocycles. The number of amides is 1. The molecule has 0 spiro atoms. The summed E-state index contributed by atoms with van der Waals surface area (Å²) in [6.07, 6.45) is 11.0. The van der Waals surface area contributed by atoms with Crippen LogP contribution in [-0.4, -0.2) is 87.2 Å². The van der Waals surface area contributed by atoms with Crippen LogP contribution < -0.4 is 10.6 Å². The highest BCUT2D eigenvalue weighted by molar-refractivity contribution is 14.0. The van der Waals surface area contributed by atoms with Crippen LogP contribution in [0, 0.1) is 0 Å². The Morgan fingerprint density at radius 2 is 1.87 bits per heavy atom. The van der Waals surface area contributed by atoms with Gasteiger partial charge < -0.3 is 20.3 Å². The van der Waals surface area contributed by atoms with E-state index in [0.29, 0.717) is 6.10 Å². The Labute approximate surface area is 200 Å². The van der Waals surface area contributed by atoms with Crippen molar-refractivity contribution in [2.45, 2.75) is 76.9 Å². The Bertz CT molecular complexity index is 498. The molecule has 1 unspecified atom stereocenters. The van der Waals surface area contributed by atoms with Gasteiger partial charge in [-0.05, 0) is 52.0 Å². The summed E-state index contributed by atoms with van der Waals surface area (Å²) in [5, 5.41) is 6.74. The van der Waals surface area contributed by atoms with Gasteiger partial charge in [0, 0.05) is 46.9 Å². The Hall–Kier alpha value is -0.610. The molecular formula is C22H44IN5O2. The van der Waals surface area contributed by atoms with E-state index in [4.69, 9.17) is 4.74 Å². The Morgan fingerprint density at radius 1 is 1.10 bits per heavy atom. The minimum Gasteiger partial charge on any atom is -0.378 e. The van der Waals surface area contributed by atoms with E-state index in [9.17, 15) is 4.79 Å². The quantitative estimate of drug-likeness (QED) is 0.184. The molecule has 2 aliphatic rings. The van der Waals surface area contributed by atoms with Crippen molar-refractivity contribution in [3.8, 4) is 0 Å². The van der Waals surface area contributed by atoms with Crippen molar-refractivity contribution in [2.24, 2.45) is 4.99 Å². The van der Waals surface area contributed by atoms with Crippen molar-refractivity contribution in [1.82, 2.24) is 20.4 Å². The average Bonchev–Trinajstić information content (AvgIpc) is 3.19. The normalized spacial score (nSPS) is 20.6. The van der Waals surface area contributed by atoms with Gasteiger partial charge >= 0.3 is 0 Å². The van der Waals surface area contributed by atoms with Crippen molar-refractivity contribution >= 4 is 35.8 Å². The smallest absolute Gasteiger partial charge is 0.239 e. The molecule has 1 aliphatic carbocycles. The van der Waals surface area contributed by atoms with Crippen molar-refractivity contribution in [1.29, 1.82) is 0 Å². The summed E-state index contributed by atoms with van der Waals surface area (Å²) in [7, 11) is 3.69. The molecule has 0 aromatic rings. The van der Waals surface area contributed by atoms with Gasteiger partial charge in [-0.3, -0.25) is 14.7 Å². The van der Waals surface area contributed by atoms with Gasteiger partial charge in [0.25, 0.3) is 0 Å². The van der Waals surface area contributed by atoms with E-state index in [-0.39, 0.29) is 35.9 Å². The zero-order valence-electron chi connectivity index (χ0n) is 19.3. The number of rotatable bonds is 11. The van der Waals surface area contributed by atoms with E-state index < -0.39 is 0 Å². The van der Waals surface area contributed by atoms with Gasteiger partial charge in [-0.15, -0.1) is 24.0 Å². The zero-order chi connectivity index (χ0) is 20.9. The third kappa shape index (κ3) is 10.1. The average molecular weight is 538 g/mol. The second kappa shape index (κ2) is 16.1. The van der Waals surface area contributed by atoms with E-state index in [1.165, 1.54) is 32.1 Å². The number of nitrogens with zero attached hydrogens (tertiary/aromatic N) is 3. The van der Waals surface area contributed by atoms with E-state index in [1.807, 2.05) is 14.1 Å². The van der Waals surface area contributed by atoms with E-state index >= 15 is 0 Å². The number of likely N-dealkylation sites (N-methyl/N-ethyl adjacent to an activating group) is 1. The maximum atomic E-state index is 12.3. The minimum atomic E-state index is 0. The van der Waals surface area contributed by atoms with E-state index in [1.54, 1.807) is 4.90 Å². The lowest BCUT2D eigenvalue weighted by Crippen LogP contribution is -2.44. The molecule has 0 bridgehead atoms. The van der Waals surface area contributed by atoms with Crippen LogP contribution in [0.1, 0.15) is 64.7 Å². The van der Waals surface area contributed by atoms with Crippen molar-refractivity contribution in [3.05, 3.63) is 0 Å². The van der Waals surface area contributed by atoms with Crippen molar-refractivity contribution in [2.75, 3.05) is 53.4 Å². The summed E-state index contributed by atoms with van der Waals surface area (Å²) in [5.74, 6) is 1.12. The molecule has 0 radical (unpaired) electrons. The fourth-order valence-electron chi connectivity index (χ4n) is 4.24. The van der Waals surface area contributed by atoms with Crippen LogP contribution in [0.2, 0.25) is 0 Å². The van der Waals surface area contributed by atoms with Crippen LogP contribution in [0.3, 0.4) is 0 Å². The highest BCUT2D eigenvalue weighted by Crippen LogP contribution is 2.20. The lowest BCUT2D eigenvalue weighted by molar-refractivity contribution is -0.133. The number of likely N-dealkylation sites (tertiary alicyclic amines) is 1. The molecule has 1 saturated heterocycles. The van der Waals surface area contributed by atoms with Crippen LogP contribution in [0.5, 0.6) is 0 Å². The molecule has 7 nitrogen and oxygen atoms in total. The molecule has 0 aromatic heterocycles. The Balaban J connectivity index is 0.00000450. The van der Waals surface area contributed by atoms with Crippen LogP contribution in [-0.2, 0) is 9.53 Å². The number of hydrogen-bond acceptors (Lipinski definition) is 4. The predicted molar refractivity (Wildman–Crippen MR) is 135 cm³/mol. The molecule has 30 heavy (non-hydrogen) atoms. The predicted octanol–water partition coefficient (Wildman–Crippen LogP) is 2.84. The molecule has 8 heteroatoms. The number of halogens is 1. The zero-order valence-corrected chi connectivity index (χ0v) is 21.7. The van der Waals surface area contributed by atoms with Gasteiger partial charge in [0.15, 0.2) is 5.96 Å². The Morgan fingerprint density at radius 3 is 2.57 bits per heavy atom. The molecule has 1 heterocycles. The maximum Gasteiger partial charge on any atom is 0.239 e. The molecule has 0 aromatic carbocycles.